The normalized spacial score (nSPS) is 10.1. The van der Waals surface area contributed by atoms with Gasteiger partial charge in [0.1, 0.15) is 9.92 Å². The van der Waals surface area contributed by atoms with Crippen LogP contribution in [0, 0.1) is 10.1 Å². The van der Waals surface area contributed by atoms with Crippen molar-refractivity contribution in [3.8, 4) is 0 Å². The van der Waals surface area contributed by atoms with Crippen LogP contribution in [0.15, 0.2) is 28.0 Å². The molecule has 0 spiro atoms. The van der Waals surface area contributed by atoms with Gasteiger partial charge in [-0.05, 0) is 17.5 Å². The summed E-state index contributed by atoms with van der Waals surface area (Å²) in [6.07, 6.45) is 0. The van der Waals surface area contributed by atoms with E-state index in [4.69, 9.17) is 9.52 Å². The number of nitro groups is 1. The number of carboxylic acid groups (broad SMARTS) is 1. The SMILES string of the molecule is O=C(Nc1sccc1C(=O)O)c1ccc([N+](=O)[O-])o1. The van der Waals surface area contributed by atoms with Gasteiger partial charge in [0.15, 0.2) is 5.76 Å². The topological polar surface area (TPSA) is 123 Å². The monoisotopic (exact) mass is 282 g/mol. The molecule has 2 rings (SSSR count). The van der Waals surface area contributed by atoms with Crippen LogP contribution in [0.1, 0.15) is 20.9 Å². The number of carboxylic acids is 1. The van der Waals surface area contributed by atoms with Gasteiger partial charge >= 0.3 is 11.9 Å². The van der Waals surface area contributed by atoms with Crippen LogP contribution < -0.4 is 5.32 Å². The summed E-state index contributed by atoms with van der Waals surface area (Å²) in [7, 11) is 0. The van der Waals surface area contributed by atoms with Gasteiger partial charge in [0.05, 0.1) is 11.6 Å². The minimum Gasteiger partial charge on any atom is -0.478 e. The Labute approximate surface area is 109 Å². The molecule has 0 saturated heterocycles. The lowest BCUT2D eigenvalue weighted by molar-refractivity contribution is -0.402. The Morgan fingerprint density at radius 2 is 2.11 bits per heavy atom. The molecule has 2 heterocycles. The van der Waals surface area contributed by atoms with Crippen LogP contribution in [0.3, 0.4) is 0 Å². The minimum atomic E-state index is -1.18. The third-order valence-electron chi connectivity index (χ3n) is 2.12. The highest BCUT2D eigenvalue weighted by Gasteiger charge is 2.20. The number of aromatic carboxylic acids is 1. The summed E-state index contributed by atoms with van der Waals surface area (Å²) in [6.45, 7) is 0. The van der Waals surface area contributed by atoms with Crippen LogP contribution in [0.2, 0.25) is 0 Å². The van der Waals surface area contributed by atoms with Crippen molar-refractivity contribution in [3.05, 3.63) is 45.0 Å². The van der Waals surface area contributed by atoms with E-state index in [0.717, 1.165) is 23.5 Å². The van der Waals surface area contributed by atoms with Gasteiger partial charge in [0.25, 0.3) is 5.91 Å². The second-order valence-corrected chi connectivity index (χ2v) is 4.23. The van der Waals surface area contributed by atoms with Gasteiger partial charge in [-0.25, -0.2) is 4.79 Å². The number of nitrogens with zero attached hydrogens (tertiary/aromatic N) is 1. The van der Waals surface area contributed by atoms with Gasteiger partial charge in [-0.2, -0.15) is 0 Å². The standard InChI is InChI=1S/C10H6N2O6S/c13-8(6-1-2-7(18-6)12(16)17)11-9-5(10(14)15)3-4-19-9/h1-4H,(H,11,13)(H,14,15). The quantitative estimate of drug-likeness (QED) is 0.654. The van der Waals surface area contributed by atoms with Gasteiger partial charge in [-0.1, -0.05) is 0 Å². The highest BCUT2D eigenvalue weighted by atomic mass is 32.1. The maximum atomic E-state index is 11.7. The Balaban J connectivity index is 2.18. The molecule has 2 aromatic heterocycles. The Morgan fingerprint density at radius 1 is 1.37 bits per heavy atom. The fraction of sp³-hybridized carbons (Fsp3) is 0. The first-order valence-corrected chi connectivity index (χ1v) is 5.73. The van der Waals surface area contributed by atoms with Gasteiger partial charge in [0.2, 0.25) is 0 Å². The first-order chi connectivity index (χ1) is 8.99. The van der Waals surface area contributed by atoms with Gasteiger partial charge in [-0.3, -0.25) is 14.9 Å². The van der Waals surface area contributed by atoms with Crippen molar-refractivity contribution in [3.63, 3.8) is 0 Å². The van der Waals surface area contributed by atoms with E-state index in [0.29, 0.717) is 0 Å². The second kappa shape index (κ2) is 4.90. The van der Waals surface area contributed by atoms with Crippen LogP contribution in [-0.2, 0) is 0 Å². The minimum absolute atomic E-state index is 0.0561. The Hall–Kier alpha value is -2.68. The van der Waals surface area contributed by atoms with Crippen LogP contribution in [-0.4, -0.2) is 21.9 Å². The molecule has 0 bridgehead atoms. The maximum absolute atomic E-state index is 11.7. The lowest BCUT2D eigenvalue weighted by Crippen LogP contribution is -2.12. The van der Waals surface area contributed by atoms with E-state index in [-0.39, 0.29) is 16.3 Å². The van der Waals surface area contributed by atoms with Crippen molar-refractivity contribution in [1.29, 1.82) is 0 Å². The molecule has 0 aliphatic carbocycles. The predicted molar refractivity (Wildman–Crippen MR) is 64.6 cm³/mol. The van der Waals surface area contributed by atoms with E-state index < -0.39 is 22.7 Å². The van der Waals surface area contributed by atoms with Crippen molar-refractivity contribution in [2.45, 2.75) is 0 Å². The lowest BCUT2D eigenvalue weighted by Gasteiger charge is -2.00. The molecule has 98 valence electrons. The summed E-state index contributed by atoms with van der Waals surface area (Å²) in [5, 5.41) is 23.2. The van der Waals surface area contributed by atoms with Crippen molar-refractivity contribution >= 4 is 34.1 Å². The second-order valence-electron chi connectivity index (χ2n) is 3.32. The Bertz CT molecular complexity index is 659. The highest BCUT2D eigenvalue weighted by Crippen LogP contribution is 2.24. The molecule has 0 aromatic carbocycles. The number of carbonyl (C=O) groups excluding carboxylic acids is 1. The summed E-state index contributed by atoms with van der Waals surface area (Å²) in [5.74, 6) is -2.76. The molecule has 9 heteroatoms. The molecule has 8 nitrogen and oxygen atoms in total. The zero-order valence-corrected chi connectivity index (χ0v) is 9.97. The molecule has 0 atom stereocenters. The summed E-state index contributed by atoms with van der Waals surface area (Å²) in [5.41, 5.74) is -0.0561. The molecular formula is C10H6N2O6S. The zero-order chi connectivity index (χ0) is 14.0. The van der Waals surface area contributed by atoms with Crippen LogP contribution in [0.5, 0.6) is 0 Å². The van der Waals surface area contributed by atoms with E-state index >= 15 is 0 Å². The molecule has 0 aliphatic rings. The highest BCUT2D eigenvalue weighted by molar-refractivity contribution is 7.14. The number of nitrogens with one attached hydrogen (secondary N) is 1. The average Bonchev–Trinajstić information content (AvgIpc) is 2.96. The summed E-state index contributed by atoms with van der Waals surface area (Å²) < 4.78 is 4.70. The molecule has 0 aliphatic heterocycles. The lowest BCUT2D eigenvalue weighted by atomic mass is 10.3. The summed E-state index contributed by atoms with van der Waals surface area (Å²) in [6, 6.07) is 3.52. The smallest absolute Gasteiger partial charge is 0.433 e. The zero-order valence-electron chi connectivity index (χ0n) is 9.15. The maximum Gasteiger partial charge on any atom is 0.433 e. The fourth-order valence-electron chi connectivity index (χ4n) is 1.29. The van der Waals surface area contributed by atoms with E-state index in [1.165, 1.54) is 11.4 Å². The number of furan rings is 1. The largest absolute Gasteiger partial charge is 0.478 e. The van der Waals surface area contributed by atoms with E-state index in [2.05, 4.69) is 5.32 Å². The van der Waals surface area contributed by atoms with Crippen molar-refractivity contribution in [1.82, 2.24) is 0 Å². The summed E-state index contributed by atoms with van der Waals surface area (Å²) in [4.78, 5) is 32.2. The number of hydrogen-bond donors (Lipinski definition) is 2. The first-order valence-electron chi connectivity index (χ1n) is 4.85. The van der Waals surface area contributed by atoms with Crippen LogP contribution in [0.4, 0.5) is 10.9 Å². The number of anilines is 1. The number of thiophene rings is 1. The van der Waals surface area contributed by atoms with Crippen LogP contribution in [0.25, 0.3) is 0 Å². The van der Waals surface area contributed by atoms with Crippen LogP contribution >= 0.6 is 11.3 Å². The number of rotatable bonds is 4. The third kappa shape index (κ3) is 2.60. The molecule has 2 aromatic rings. The predicted octanol–water partition coefficient (Wildman–Crippen LogP) is 2.20. The Kier molecular flexibility index (Phi) is 3.29. The molecule has 2 N–H and O–H groups in total. The molecular weight excluding hydrogens is 276 g/mol. The van der Waals surface area contributed by atoms with Gasteiger partial charge < -0.3 is 14.8 Å². The molecule has 1 amide bonds. The molecule has 19 heavy (non-hydrogen) atoms. The third-order valence-corrected chi connectivity index (χ3v) is 2.95. The molecule has 0 unspecified atom stereocenters. The number of amides is 1. The summed E-state index contributed by atoms with van der Waals surface area (Å²) >= 11 is 1.03. The van der Waals surface area contributed by atoms with E-state index in [9.17, 15) is 19.7 Å². The molecule has 0 radical (unpaired) electrons. The Morgan fingerprint density at radius 3 is 2.68 bits per heavy atom. The number of hydrogen-bond acceptors (Lipinski definition) is 6. The fourth-order valence-corrected chi connectivity index (χ4v) is 2.06. The van der Waals surface area contributed by atoms with E-state index in [1.54, 1.807) is 0 Å². The first kappa shape index (κ1) is 12.8. The number of carbonyl (C=O) groups is 2. The van der Waals surface area contributed by atoms with Crippen molar-refractivity contribution < 1.29 is 24.0 Å². The van der Waals surface area contributed by atoms with Gasteiger partial charge in [0, 0.05) is 0 Å². The van der Waals surface area contributed by atoms with Crippen molar-refractivity contribution in [2.24, 2.45) is 0 Å². The molecule has 0 saturated carbocycles. The average molecular weight is 282 g/mol. The van der Waals surface area contributed by atoms with E-state index in [1.807, 2.05) is 0 Å². The molecule has 0 fully saturated rings. The van der Waals surface area contributed by atoms with Gasteiger partial charge in [-0.15, -0.1) is 11.3 Å². The van der Waals surface area contributed by atoms with Crippen molar-refractivity contribution in [2.75, 3.05) is 5.32 Å².